The summed E-state index contributed by atoms with van der Waals surface area (Å²) >= 11 is 0. The highest BCUT2D eigenvalue weighted by Crippen LogP contribution is 2.27. The molecule has 1 aromatic heterocycles. The van der Waals surface area contributed by atoms with E-state index in [2.05, 4.69) is 10.3 Å². The lowest BCUT2D eigenvalue weighted by atomic mass is 10.2. The summed E-state index contributed by atoms with van der Waals surface area (Å²) in [5.74, 6) is 0.0318. The summed E-state index contributed by atoms with van der Waals surface area (Å²) in [6.45, 7) is 3.13. The van der Waals surface area contributed by atoms with Crippen molar-refractivity contribution < 1.29 is 18.0 Å². The monoisotopic (exact) mass is 457 g/mol. The summed E-state index contributed by atoms with van der Waals surface area (Å²) < 4.78 is 29.6. The number of aryl methyl sites for hydroxylation is 2. The van der Waals surface area contributed by atoms with Crippen molar-refractivity contribution in [2.45, 2.75) is 25.3 Å². The molecular formula is C22H27N5O4S. The van der Waals surface area contributed by atoms with Crippen LogP contribution in [0.25, 0.3) is 11.0 Å². The van der Waals surface area contributed by atoms with Crippen LogP contribution in [-0.2, 0) is 28.4 Å². The first kappa shape index (κ1) is 23.4. The number of rotatable bonds is 6. The van der Waals surface area contributed by atoms with Crippen LogP contribution in [0.15, 0.2) is 41.3 Å². The Labute approximate surface area is 187 Å². The predicted octanol–water partition coefficient (Wildman–Crippen LogP) is 2.36. The molecule has 1 heterocycles. The van der Waals surface area contributed by atoms with Crippen LogP contribution in [0, 0.1) is 6.92 Å². The molecule has 0 bridgehead atoms. The van der Waals surface area contributed by atoms with Gasteiger partial charge in [-0.25, -0.2) is 13.4 Å². The number of sulfonamides is 1. The molecule has 0 radical (unpaired) electrons. The zero-order valence-electron chi connectivity index (χ0n) is 19.0. The molecule has 10 heteroatoms. The molecule has 170 valence electrons. The first-order chi connectivity index (χ1) is 14.9. The molecule has 2 aromatic carbocycles. The van der Waals surface area contributed by atoms with Crippen LogP contribution >= 0.6 is 0 Å². The lowest BCUT2D eigenvalue weighted by Crippen LogP contribution is -2.28. The van der Waals surface area contributed by atoms with Crippen LogP contribution in [0.5, 0.6) is 0 Å². The Bertz CT molecular complexity index is 1310. The van der Waals surface area contributed by atoms with Crippen molar-refractivity contribution in [1.29, 1.82) is 0 Å². The number of carbonyl (C=O) groups excluding carboxylic acids is 2. The third-order valence-electron chi connectivity index (χ3n) is 5.13. The lowest BCUT2D eigenvalue weighted by molar-refractivity contribution is -0.114. The summed E-state index contributed by atoms with van der Waals surface area (Å²) in [6, 6.07) is 10.1. The van der Waals surface area contributed by atoms with Crippen molar-refractivity contribution >= 4 is 38.6 Å². The summed E-state index contributed by atoms with van der Waals surface area (Å²) in [7, 11) is 2.70. The Kier molecular flexibility index (Phi) is 6.38. The van der Waals surface area contributed by atoms with E-state index in [1.54, 1.807) is 63.0 Å². The van der Waals surface area contributed by atoms with Crippen LogP contribution < -0.4 is 5.32 Å². The van der Waals surface area contributed by atoms with Crippen molar-refractivity contribution in [1.82, 2.24) is 18.8 Å². The van der Waals surface area contributed by atoms with Gasteiger partial charge in [0.15, 0.2) is 0 Å². The van der Waals surface area contributed by atoms with Gasteiger partial charge in [-0.3, -0.25) is 9.59 Å². The van der Waals surface area contributed by atoms with Crippen LogP contribution in [0.3, 0.4) is 0 Å². The Balaban J connectivity index is 1.97. The van der Waals surface area contributed by atoms with Gasteiger partial charge < -0.3 is 14.8 Å². The van der Waals surface area contributed by atoms with Gasteiger partial charge in [-0.05, 0) is 42.8 Å². The van der Waals surface area contributed by atoms with E-state index in [0.717, 1.165) is 11.1 Å². The average molecular weight is 458 g/mol. The van der Waals surface area contributed by atoms with E-state index in [9.17, 15) is 18.0 Å². The number of amides is 2. The number of aromatic nitrogens is 2. The minimum absolute atomic E-state index is 0.0118. The minimum Gasteiger partial charge on any atom is -0.345 e. The summed E-state index contributed by atoms with van der Waals surface area (Å²) in [6.07, 6.45) is 0. The molecule has 32 heavy (non-hydrogen) atoms. The molecule has 0 spiro atoms. The maximum absolute atomic E-state index is 13.3. The van der Waals surface area contributed by atoms with Gasteiger partial charge >= 0.3 is 0 Å². The van der Waals surface area contributed by atoms with Gasteiger partial charge in [0.05, 0.1) is 23.3 Å². The number of benzene rings is 2. The van der Waals surface area contributed by atoms with Crippen molar-refractivity contribution in [2.75, 3.05) is 26.5 Å². The van der Waals surface area contributed by atoms with Crippen LogP contribution in [0.4, 0.5) is 5.69 Å². The number of nitrogens with one attached hydrogen (secondary N) is 1. The number of hydrogen-bond acceptors (Lipinski definition) is 5. The van der Waals surface area contributed by atoms with E-state index in [4.69, 9.17) is 0 Å². The van der Waals surface area contributed by atoms with Crippen molar-refractivity contribution in [3.8, 4) is 0 Å². The molecule has 0 saturated carbocycles. The van der Waals surface area contributed by atoms with Crippen LogP contribution in [-0.4, -0.2) is 60.1 Å². The molecule has 0 aliphatic rings. The van der Waals surface area contributed by atoms with Gasteiger partial charge in [0.25, 0.3) is 5.91 Å². The fourth-order valence-corrected chi connectivity index (χ4v) is 4.72. The molecule has 0 unspecified atom stereocenters. The Morgan fingerprint density at radius 3 is 2.41 bits per heavy atom. The van der Waals surface area contributed by atoms with E-state index < -0.39 is 10.0 Å². The Hall–Kier alpha value is -3.24. The van der Waals surface area contributed by atoms with Crippen molar-refractivity contribution in [3.63, 3.8) is 0 Å². The van der Waals surface area contributed by atoms with Gasteiger partial charge in [0.2, 0.25) is 15.9 Å². The fraction of sp³-hybridized carbons (Fsp3) is 0.318. The van der Waals surface area contributed by atoms with Gasteiger partial charge in [0.1, 0.15) is 10.7 Å². The SMILES string of the molecule is CC(=O)Nc1ccc(C)cc1S(=O)(=O)N(C)Cc1nc2cc(C(=O)N(C)C)ccc2n1C. The molecule has 0 aliphatic carbocycles. The molecule has 0 atom stereocenters. The molecule has 0 aliphatic heterocycles. The van der Waals surface area contributed by atoms with Crippen LogP contribution in [0.2, 0.25) is 0 Å². The molecule has 3 aromatic rings. The molecule has 1 N–H and O–H groups in total. The first-order valence-corrected chi connectivity index (χ1v) is 11.4. The van der Waals surface area contributed by atoms with Crippen LogP contribution in [0.1, 0.15) is 28.7 Å². The van der Waals surface area contributed by atoms with Gasteiger partial charge in [-0.1, -0.05) is 6.07 Å². The highest BCUT2D eigenvalue weighted by Gasteiger charge is 2.26. The van der Waals surface area contributed by atoms with Crippen molar-refractivity contribution in [2.24, 2.45) is 7.05 Å². The van der Waals surface area contributed by atoms with E-state index in [0.29, 0.717) is 16.9 Å². The number of carbonyl (C=O) groups is 2. The summed E-state index contributed by atoms with van der Waals surface area (Å²) in [5.41, 5.74) is 2.89. The smallest absolute Gasteiger partial charge is 0.253 e. The second-order valence-corrected chi connectivity index (χ2v) is 9.95. The predicted molar refractivity (Wildman–Crippen MR) is 123 cm³/mol. The van der Waals surface area contributed by atoms with E-state index in [1.165, 1.54) is 29.2 Å². The maximum atomic E-state index is 13.3. The van der Waals surface area contributed by atoms with Gasteiger partial charge in [-0.15, -0.1) is 0 Å². The Morgan fingerprint density at radius 1 is 1.09 bits per heavy atom. The number of imidazole rings is 1. The number of anilines is 1. The second-order valence-electron chi connectivity index (χ2n) is 7.93. The topological polar surface area (TPSA) is 105 Å². The lowest BCUT2D eigenvalue weighted by Gasteiger charge is -2.19. The first-order valence-electron chi connectivity index (χ1n) is 9.93. The third kappa shape index (κ3) is 4.51. The second kappa shape index (κ2) is 8.71. The van der Waals surface area contributed by atoms with Crippen molar-refractivity contribution in [3.05, 3.63) is 53.3 Å². The maximum Gasteiger partial charge on any atom is 0.253 e. The zero-order valence-corrected chi connectivity index (χ0v) is 19.8. The zero-order chi connectivity index (χ0) is 23.8. The highest BCUT2D eigenvalue weighted by molar-refractivity contribution is 7.89. The van der Waals surface area contributed by atoms with E-state index >= 15 is 0 Å². The highest BCUT2D eigenvalue weighted by atomic mass is 32.2. The van der Waals surface area contributed by atoms with Gasteiger partial charge in [-0.2, -0.15) is 4.31 Å². The quantitative estimate of drug-likeness (QED) is 0.612. The molecule has 9 nitrogen and oxygen atoms in total. The largest absolute Gasteiger partial charge is 0.345 e. The molecule has 3 rings (SSSR count). The summed E-state index contributed by atoms with van der Waals surface area (Å²) in [5, 5.41) is 2.58. The van der Waals surface area contributed by atoms with E-state index in [1.807, 2.05) is 0 Å². The van der Waals surface area contributed by atoms with E-state index in [-0.39, 0.29) is 28.9 Å². The summed E-state index contributed by atoms with van der Waals surface area (Å²) in [4.78, 5) is 29.9. The number of hydrogen-bond donors (Lipinski definition) is 1. The standard InChI is InChI=1S/C22H27N5O4S/c1-14-7-9-17(23-15(2)28)20(11-14)32(30,31)26(5)13-21-24-18-12-16(22(29)25(3)4)8-10-19(18)27(21)6/h7-12H,13H2,1-6H3,(H,23,28). The molecule has 0 fully saturated rings. The third-order valence-corrected chi connectivity index (χ3v) is 6.97. The van der Waals surface area contributed by atoms with Gasteiger partial charge in [0, 0.05) is 40.7 Å². The number of fused-ring (bicyclic) bond motifs is 1. The molecular weight excluding hydrogens is 430 g/mol. The average Bonchev–Trinajstić information content (AvgIpc) is 3.02. The molecule has 0 saturated heterocycles. The Morgan fingerprint density at radius 2 is 1.78 bits per heavy atom. The molecule has 2 amide bonds. The normalized spacial score (nSPS) is 11.7. The minimum atomic E-state index is -3.92. The fourth-order valence-electron chi connectivity index (χ4n) is 3.37. The number of nitrogens with zero attached hydrogens (tertiary/aromatic N) is 4.